The predicted molar refractivity (Wildman–Crippen MR) is 134 cm³/mol. The van der Waals surface area contributed by atoms with Crippen LogP contribution in [0.2, 0.25) is 0 Å². The lowest BCUT2D eigenvalue weighted by Crippen LogP contribution is -2.46. The third-order valence-corrected chi connectivity index (χ3v) is 7.01. The number of nitrogens with one attached hydrogen (secondary N) is 1. The van der Waals surface area contributed by atoms with Gasteiger partial charge in [-0.2, -0.15) is 0 Å². The maximum atomic E-state index is 12.7. The fraction of sp³-hybridized carbons (Fsp3) is 0.400. The third-order valence-electron chi connectivity index (χ3n) is 5.90. The number of aromatic nitrogens is 1. The number of nitrogen functional groups attached to an aromatic ring is 1. The maximum absolute atomic E-state index is 12.7. The molecular formula is C25H30N4O4S. The van der Waals surface area contributed by atoms with Gasteiger partial charge in [0.1, 0.15) is 9.71 Å². The number of esters is 1. The highest BCUT2D eigenvalue weighted by Gasteiger charge is 2.27. The van der Waals surface area contributed by atoms with Crippen LogP contribution in [0.3, 0.4) is 0 Å². The topological polar surface area (TPSA) is 107 Å². The lowest BCUT2D eigenvalue weighted by molar-refractivity contribution is -0.154. The zero-order valence-corrected chi connectivity index (χ0v) is 20.3. The van der Waals surface area contributed by atoms with Crippen molar-refractivity contribution < 1.29 is 19.1 Å². The highest BCUT2D eigenvalue weighted by molar-refractivity contribution is 7.21. The average molecular weight is 483 g/mol. The number of rotatable bonds is 8. The summed E-state index contributed by atoms with van der Waals surface area (Å²) in [5, 5.41) is 3.81. The van der Waals surface area contributed by atoms with Crippen molar-refractivity contribution in [2.75, 3.05) is 44.0 Å². The van der Waals surface area contributed by atoms with Crippen LogP contribution in [0.15, 0.2) is 36.4 Å². The molecule has 1 atom stereocenters. The second-order valence-corrected chi connectivity index (χ2v) is 9.25. The summed E-state index contributed by atoms with van der Waals surface area (Å²) in [7, 11) is 1.37. The molecule has 34 heavy (non-hydrogen) atoms. The van der Waals surface area contributed by atoms with Gasteiger partial charge in [-0.05, 0) is 42.7 Å². The van der Waals surface area contributed by atoms with Gasteiger partial charge in [0.25, 0.3) is 5.91 Å². The van der Waals surface area contributed by atoms with Crippen LogP contribution >= 0.6 is 11.3 Å². The molecule has 0 spiro atoms. The molecule has 3 N–H and O–H groups in total. The Kier molecular flexibility index (Phi) is 7.64. The van der Waals surface area contributed by atoms with Gasteiger partial charge in [-0.25, -0.2) is 9.78 Å². The Bertz CT molecular complexity index is 1160. The Hall–Kier alpha value is -3.17. The number of aryl methyl sites for hydroxylation is 1. The Labute approximate surface area is 203 Å². The van der Waals surface area contributed by atoms with E-state index in [1.807, 2.05) is 36.4 Å². The minimum Gasteiger partial charge on any atom is -0.467 e. The maximum Gasteiger partial charge on any atom is 0.336 e. The molecule has 1 aromatic carbocycles. The van der Waals surface area contributed by atoms with Crippen LogP contribution < -0.4 is 16.0 Å². The van der Waals surface area contributed by atoms with Gasteiger partial charge in [-0.15, -0.1) is 11.3 Å². The molecule has 1 fully saturated rings. The second kappa shape index (κ2) is 10.8. The average Bonchev–Trinajstić information content (AvgIpc) is 3.20. The monoisotopic (exact) mass is 482 g/mol. The first kappa shape index (κ1) is 24.0. The van der Waals surface area contributed by atoms with Gasteiger partial charge >= 0.3 is 5.97 Å². The summed E-state index contributed by atoms with van der Waals surface area (Å²) in [5.74, 6) is -0.523. The zero-order chi connectivity index (χ0) is 24.1. The van der Waals surface area contributed by atoms with E-state index in [0.29, 0.717) is 43.2 Å². The van der Waals surface area contributed by atoms with E-state index in [2.05, 4.69) is 22.1 Å². The number of ether oxygens (including phenoxy) is 2. The van der Waals surface area contributed by atoms with Crippen molar-refractivity contribution in [1.29, 1.82) is 0 Å². The first-order valence-electron chi connectivity index (χ1n) is 11.5. The molecular weight excluding hydrogens is 452 g/mol. The summed E-state index contributed by atoms with van der Waals surface area (Å²) in [6.07, 6.45) is 2.06. The first-order chi connectivity index (χ1) is 16.5. The Morgan fingerprint density at radius 1 is 1.24 bits per heavy atom. The number of fused-ring (bicyclic) bond motifs is 1. The van der Waals surface area contributed by atoms with E-state index in [0.717, 1.165) is 40.0 Å². The van der Waals surface area contributed by atoms with Gasteiger partial charge in [0, 0.05) is 29.9 Å². The van der Waals surface area contributed by atoms with Crippen molar-refractivity contribution in [1.82, 2.24) is 10.3 Å². The molecule has 1 saturated heterocycles. The minimum absolute atomic E-state index is 0.170. The van der Waals surface area contributed by atoms with Crippen LogP contribution in [-0.2, 0) is 27.1 Å². The molecule has 1 unspecified atom stereocenters. The number of carbonyl (C=O) groups is 2. The number of morpholine rings is 1. The van der Waals surface area contributed by atoms with E-state index in [-0.39, 0.29) is 11.9 Å². The van der Waals surface area contributed by atoms with E-state index in [4.69, 9.17) is 15.2 Å². The molecule has 3 aromatic rings. The van der Waals surface area contributed by atoms with Crippen molar-refractivity contribution >= 4 is 44.8 Å². The summed E-state index contributed by atoms with van der Waals surface area (Å²) >= 11 is 1.34. The minimum atomic E-state index is -0.566. The number of nitrogens with two attached hydrogens (primary N) is 1. The molecule has 0 saturated carbocycles. The number of nitrogens with zero attached hydrogens (tertiary/aromatic N) is 2. The van der Waals surface area contributed by atoms with E-state index >= 15 is 0 Å². The number of methoxy groups -OCH3 is 1. The van der Waals surface area contributed by atoms with Crippen LogP contribution in [0.5, 0.6) is 0 Å². The molecule has 1 aliphatic rings. The number of hydrogen-bond acceptors (Lipinski definition) is 8. The number of thiophene rings is 1. The predicted octanol–water partition coefficient (Wildman–Crippen LogP) is 3.18. The molecule has 4 rings (SSSR count). The third kappa shape index (κ3) is 5.31. The number of amides is 1. The molecule has 0 radical (unpaired) electrons. The second-order valence-electron chi connectivity index (χ2n) is 8.25. The highest BCUT2D eigenvalue weighted by Crippen LogP contribution is 2.32. The van der Waals surface area contributed by atoms with Gasteiger partial charge < -0.3 is 25.4 Å². The van der Waals surface area contributed by atoms with Crippen molar-refractivity contribution in [3.05, 3.63) is 52.5 Å². The lowest BCUT2D eigenvalue weighted by Gasteiger charge is -2.33. The zero-order valence-electron chi connectivity index (χ0n) is 19.5. The lowest BCUT2D eigenvalue weighted by atomic mass is 10.1. The van der Waals surface area contributed by atoms with E-state index in [9.17, 15) is 9.59 Å². The number of benzene rings is 1. The Morgan fingerprint density at radius 3 is 2.76 bits per heavy atom. The van der Waals surface area contributed by atoms with Crippen LogP contribution in [0.1, 0.15) is 34.3 Å². The quantitative estimate of drug-likeness (QED) is 0.475. The molecule has 0 aliphatic carbocycles. The van der Waals surface area contributed by atoms with E-state index in [1.165, 1.54) is 18.4 Å². The van der Waals surface area contributed by atoms with Crippen molar-refractivity contribution in [2.24, 2.45) is 0 Å². The van der Waals surface area contributed by atoms with Crippen molar-refractivity contribution in [3.8, 4) is 0 Å². The number of anilines is 2. The molecule has 180 valence electrons. The molecule has 1 amide bonds. The molecule has 8 nitrogen and oxygen atoms in total. The summed E-state index contributed by atoms with van der Waals surface area (Å²) in [4.78, 5) is 32.6. The summed E-state index contributed by atoms with van der Waals surface area (Å²) in [5.41, 5.74) is 9.88. The number of hydrogen-bond donors (Lipinski definition) is 2. The van der Waals surface area contributed by atoms with Crippen LogP contribution in [0, 0.1) is 0 Å². The summed E-state index contributed by atoms with van der Waals surface area (Å²) < 4.78 is 10.3. The van der Waals surface area contributed by atoms with Crippen LogP contribution in [-0.4, -0.2) is 56.3 Å². The Balaban J connectivity index is 1.32. The van der Waals surface area contributed by atoms with Crippen LogP contribution in [0.4, 0.5) is 11.4 Å². The molecule has 9 heteroatoms. The van der Waals surface area contributed by atoms with Gasteiger partial charge in [-0.1, -0.05) is 25.5 Å². The van der Waals surface area contributed by atoms with Gasteiger partial charge in [-0.3, -0.25) is 4.79 Å². The van der Waals surface area contributed by atoms with Crippen LogP contribution in [0.25, 0.3) is 10.2 Å². The Morgan fingerprint density at radius 2 is 2.03 bits per heavy atom. The highest BCUT2D eigenvalue weighted by atomic mass is 32.1. The fourth-order valence-electron chi connectivity index (χ4n) is 4.03. The first-order valence-corrected chi connectivity index (χ1v) is 12.3. The molecule has 3 heterocycles. The fourth-order valence-corrected chi connectivity index (χ4v) is 5.06. The van der Waals surface area contributed by atoms with Gasteiger partial charge in [0.15, 0.2) is 6.10 Å². The molecule has 0 bridgehead atoms. The smallest absolute Gasteiger partial charge is 0.336 e. The molecule has 1 aliphatic heterocycles. The van der Waals surface area contributed by atoms with E-state index in [1.54, 1.807) is 0 Å². The number of pyridine rings is 1. The summed E-state index contributed by atoms with van der Waals surface area (Å²) in [6, 6.07) is 12.1. The standard InChI is InChI=1S/C25H30N4O4S/c1-3-4-17-7-10-19-21(26)22(34-24(19)28-17)23(30)27-12-11-16-5-8-18(9-6-16)29-13-14-33-20(15-29)25(31)32-2/h5-10,20H,3-4,11-15,26H2,1-2H3,(H,27,30). The SMILES string of the molecule is CCCc1ccc2c(N)c(C(=O)NCCc3ccc(N4CCOC(C(=O)OC)C4)cc3)sc2n1. The normalized spacial score (nSPS) is 15.9. The van der Waals surface area contributed by atoms with Gasteiger partial charge in [0.05, 0.1) is 25.9 Å². The van der Waals surface area contributed by atoms with Crippen molar-refractivity contribution in [3.63, 3.8) is 0 Å². The summed E-state index contributed by atoms with van der Waals surface area (Å²) in [6.45, 7) is 4.28. The van der Waals surface area contributed by atoms with Gasteiger partial charge in [0.2, 0.25) is 0 Å². The largest absolute Gasteiger partial charge is 0.467 e. The van der Waals surface area contributed by atoms with Crippen molar-refractivity contribution in [2.45, 2.75) is 32.3 Å². The number of carbonyl (C=O) groups excluding carboxylic acids is 2. The molecule has 2 aromatic heterocycles. The van der Waals surface area contributed by atoms with E-state index < -0.39 is 6.10 Å².